The minimum Gasteiger partial charge on any atom is -0.505 e. The average Bonchev–Trinajstić information content (AvgIpc) is 3.34. The van der Waals surface area contributed by atoms with Crippen LogP contribution in [0.2, 0.25) is 0 Å². The topological polar surface area (TPSA) is 84.1 Å². The zero-order valence-corrected chi connectivity index (χ0v) is 20.5. The van der Waals surface area contributed by atoms with Gasteiger partial charge in [0, 0.05) is 23.3 Å². The molecule has 1 aliphatic rings. The maximum Gasteiger partial charge on any atom is 0.250 e. The molecule has 0 amide bonds. The molecule has 1 aliphatic heterocycles. The van der Waals surface area contributed by atoms with Crippen LogP contribution in [-0.2, 0) is 17.3 Å². The minimum atomic E-state index is -0.0836. The molecule has 7 heteroatoms. The van der Waals surface area contributed by atoms with Crippen LogP contribution >= 0.6 is 0 Å². The summed E-state index contributed by atoms with van der Waals surface area (Å²) < 4.78 is 0. The summed E-state index contributed by atoms with van der Waals surface area (Å²) in [7, 11) is 0. The van der Waals surface area contributed by atoms with Crippen molar-refractivity contribution >= 4 is 22.1 Å². The Hall–Kier alpha value is -3.74. The van der Waals surface area contributed by atoms with Crippen molar-refractivity contribution in [2.24, 2.45) is 0 Å². The van der Waals surface area contributed by atoms with Crippen LogP contribution < -0.4 is 10.2 Å². The van der Waals surface area contributed by atoms with E-state index in [0.717, 1.165) is 28.5 Å². The number of nitrogens with one attached hydrogen (secondary N) is 2. The van der Waals surface area contributed by atoms with Crippen molar-refractivity contribution < 1.29 is 15.3 Å². The molecule has 6 rings (SSSR count). The summed E-state index contributed by atoms with van der Waals surface area (Å²) in [4.78, 5) is 3.41. The molecule has 0 unspecified atom stereocenters. The van der Waals surface area contributed by atoms with Gasteiger partial charge in [-0.2, -0.15) is 10.2 Å². The Balaban J connectivity index is 1.79. The number of H-pyrrole nitrogens is 2. The number of aromatic nitrogens is 6. The van der Waals surface area contributed by atoms with Gasteiger partial charge in [-0.05, 0) is 50.1 Å². The Morgan fingerprint density at radius 2 is 1.29 bits per heavy atom. The van der Waals surface area contributed by atoms with Crippen molar-refractivity contribution in [3.8, 4) is 17.1 Å². The van der Waals surface area contributed by atoms with Crippen LogP contribution in [0.4, 0.5) is 0 Å². The molecule has 0 fully saturated rings. The number of nitrogens with zero attached hydrogens (tertiary/aromatic N) is 4. The van der Waals surface area contributed by atoms with Gasteiger partial charge in [-0.15, -0.1) is 0 Å². The Labute approximate surface area is 198 Å². The van der Waals surface area contributed by atoms with Crippen molar-refractivity contribution in [3.05, 3.63) is 64.7 Å². The number of hydrogen-bond donors (Lipinski definition) is 1. The molecule has 172 valence electrons. The summed E-state index contributed by atoms with van der Waals surface area (Å²) in [6.07, 6.45) is 0.788. The average molecular weight is 455 g/mol. The smallest absolute Gasteiger partial charge is 0.250 e. The second-order valence-corrected chi connectivity index (χ2v) is 11.4. The largest absolute Gasteiger partial charge is 0.505 e. The van der Waals surface area contributed by atoms with Crippen molar-refractivity contribution in [1.82, 2.24) is 19.8 Å². The fourth-order valence-corrected chi connectivity index (χ4v) is 4.99. The van der Waals surface area contributed by atoms with Gasteiger partial charge in [0.1, 0.15) is 5.75 Å². The van der Waals surface area contributed by atoms with Crippen LogP contribution in [0.1, 0.15) is 63.8 Å². The quantitative estimate of drug-likeness (QED) is 0.373. The molecule has 0 saturated heterocycles. The summed E-state index contributed by atoms with van der Waals surface area (Å²) >= 11 is 0. The van der Waals surface area contributed by atoms with Gasteiger partial charge in [0.05, 0.1) is 10.2 Å². The Morgan fingerprint density at radius 1 is 0.765 bits per heavy atom. The number of fused-ring (bicyclic) bond motifs is 7. The maximum atomic E-state index is 10.9. The van der Waals surface area contributed by atoms with Crippen LogP contribution in [0.15, 0.2) is 42.5 Å². The van der Waals surface area contributed by atoms with Crippen molar-refractivity contribution in [3.63, 3.8) is 0 Å². The summed E-state index contributed by atoms with van der Waals surface area (Å²) in [5, 5.41) is 27.7. The third-order valence-corrected chi connectivity index (χ3v) is 6.66. The van der Waals surface area contributed by atoms with Crippen molar-refractivity contribution in [1.29, 1.82) is 0 Å². The number of hydrogen-bond acceptors (Lipinski definition) is 3. The third kappa shape index (κ3) is 3.10. The number of phenolic OH excluding ortho intramolecular Hbond substituents is 1. The molecule has 6 bridgehead atoms. The monoisotopic (exact) mass is 454 g/mol. The second-order valence-electron chi connectivity index (χ2n) is 11.4. The molecule has 3 N–H and O–H groups in total. The van der Waals surface area contributed by atoms with E-state index in [-0.39, 0.29) is 16.6 Å². The lowest BCUT2D eigenvalue weighted by atomic mass is 9.83. The van der Waals surface area contributed by atoms with Gasteiger partial charge in [-0.3, -0.25) is 0 Å². The van der Waals surface area contributed by atoms with Gasteiger partial charge in [0.15, 0.2) is 5.69 Å². The molecule has 0 radical (unpaired) electrons. The number of para-hydroxylation sites is 1. The molecule has 7 nitrogen and oxygen atoms in total. The first-order valence-corrected chi connectivity index (χ1v) is 11.7. The Morgan fingerprint density at radius 3 is 1.85 bits per heavy atom. The van der Waals surface area contributed by atoms with Crippen LogP contribution in [0.3, 0.4) is 0 Å². The lowest BCUT2D eigenvalue weighted by Gasteiger charge is -2.20. The van der Waals surface area contributed by atoms with Gasteiger partial charge in [0.2, 0.25) is 27.8 Å². The zero-order valence-electron chi connectivity index (χ0n) is 20.5. The fraction of sp³-hybridized carbons (Fsp3) is 0.333. The van der Waals surface area contributed by atoms with Crippen LogP contribution in [-0.4, -0.2) is 24.9 Å². The maximum absolute atomic E-state index is 10.9. The molecule has 0 aliphatic carbocycles. The molecule has 0 spiro atoms. The number of aromatic hydroxyl groups is 1. The molecule has 3 heterocycles. The van der Waals surface area contributed by atoms with Gasteiger partial charge in [0.25, 0.3) is 0 Å². The molecule has 0 saturated carbocycles. The van der Waals surface area contributed by atoms with Crippen LogP contribution in [0.25, 0.3) is 33.4 Å². The third-order valence-electron chi connectivity index (χ3n) is 6.66. The first kappa shape index (κ1) is 20.8. The van der Waals surface area contributed by atoms with E-state index in [1.165, 1.54) is 22.3 Å². The molecular formula is C27H30N6O+2. The van der Waals surface area contributed by atoms with Crippen molar-refractivity contribution in [2.45, 2.75) is 58.8 Å². The minimum absolute atomic E-state index is 0.0696. The Kier molecular flexibility index (Phi) is 4.08. The lowest BCUT2D eigenvalue weighted by Crippen LogP contribution is -2.26. The van der Waals surface area contributed by atoms with Gasteiger partial charge in [-0.1, -0.05) is 59.7 Å². The highest BCUT2D eigenvalue weighted by Gasteiger charge is 2.31. The fourth-order valence-electron chi connectivity index (χ4n) is 4.99. The van der Waals surface area contributed by atoms with E-state index in [1.807, 2.05) is 12.1 Å². The van der Waals surface area contributed by atoms with E-state index in [4.69, 9.17) is 10.2 Å². The number of rotatable bonds is 0. The van der Waals surface area contributed by atoms with Crippen molar-refractivity contribution in [2.75, 3.05) is 0 Å². The predicted octanol–water partition coefficient (Wildman–Crippen LogP) is 4.20. The summed E-state index contributed by atoms with van der Waals surface area (Å²) in [5.74, 6) is 0.124. The highest BCUT2D eigenvalue weighted by atomic mass is 16.3. The van der Waals surface area contributed by atoms with Gasteiger partial charge in [-0.25, -0.2) is 0 Å². The molecule has 34 heavy (non-hydrogen) atoms. The van der Waals surface area contributed by atoms with Gasteiger partial charge >= 0.3 is 0 Å². The lowest BCUT2D eigenvalue weighted by molar-refractivity contribution is -0.461. The summed E-state index contributed by atoms with van der Waals surface area (Å²) in [6.45, 7) is 13.3. The van der Waals surface area contributed by atoms with Gasteiger partial charge < -0.3 is 5.11 Å². The number of benzene rings is 3. The summed E-state index contributed by atoms with van der Waals surface area (Å²) in [6, 6.07) is 14.3. The summed E-state index contributed by atoms with van der Waals surface area (Å²) in [5.41, 5.74) is 9.67. The standard InChI is InChI=1S/C27H28N6O/c1-26(2,3)17-11-15-10-16-12-18(27(4,5)6)24-20(14-16)29-33(31-24)25-21(8-7-9-22(25)34)32-28-19(13-15)23(17)30-32/h7-9,11-14,34H,10H2,1-6H3/p+2. The van der Waals surface area contributed by atoms with E-state index in [9.17, 15) is 5.11 Å². The Bertz CT molecular complexity index is 1610. The van der Waals surface area contributed by atoms with E-state index >= 15 is 0 Å². The molecule has 5 aromatic rings. The normalized spacial score (nSPS) is 13.6. The second kappa shape index (κ2) is 6.65. The molecule has 3 aromatic carbocycles. The highest BCUT2D eigenvalue weighted by Crippen LogP contribution is 2.34. The van der Waals surface area contributed by atoms with Crippen LogP contribution in [0, 0.1) is 0 Å². The van der Waals surface area contributed by atoms with E-state index in [2.05, 4.69) is 76.0 Å². The SMILES string of the molecule is CC(C)(C)c1cc2cc3nn([nH+]c13)-c1cccc(O)c1-n1nc3cc(cc(C(C)(C)C)c3[nH+]1)C2. The highest BCUT2D eigenvalue weighted by molar-refractivity contribution is 5.79. The van der Waals surface area contributed by atoms with Crippen LogP contribution in [0.5, 0.6) is 5.75 Å². The number of phenols is 1. The van der Waals surface area contributed by atoms with E-state index in [1.54, 1.807) is 15.7 Å². The van der Waals surface area contributed by atoms with E-state index < -0.39 is 0 Å². The molecule has 2 aromatic heterocycles. The first-order valence-electron chi connectivity index (χ1n) is 11.7. The van der Waals surface area contributed by atoms with E-state index in [0.29, 0.717) is 11.4 Å². The number of aromatic amines is 2. The predicted molar refractivity (Wildman–Crippen MR) is 131 cm³/mol. The molecule has 0 atom stereocenters. The molecular weight excluding hydrogens is 424 g/mol. The zero-order chi connectivity index (χ0) is 24.0. The first-order chi connectivity index (χ1) is 16.0.